The third-order valence-electron chi connectivity index (χ3n) is 11.5. The normalized spacial score (nSPS) is 18.4. The molecule has 0 bridgehead atoms. The van der Waals surface area contributed by atoms with Crippen molar-refractivity contribution >= 4 is 52.6 Å². The van der Waals surface area contributed by atoms with Gasteiger partial charge >= 0.3 is 12.2 Å². The van der Waals surface area contributed by atoms with E-state index in [2.05, 4.69) is 110 Å². The molecule has 4 aromatic rings. The van der Waals surface area contributed by atoms with Crippen molar-refractivity contribution in [2.24, 2.45) is 0 Å². The van der Waals surface area contributed by atoms with E-state index in [1.807, 2.05) is 54.5 Å². The van der Waals surface area contributed by atoms with E-state index in [9.17, 15) is 9.59 Å². The second-order valence-corrected chi connectivity index (χ2v) is 21.7. The first-order valence-corrected chi connectivity index (χ1v) is 24.9. The Kier molecular flexibility index (Phi) is 20.2. The fraction of sp³-hybridized carbons (Fsp3) is 0.509. The number of carbonyl (C=O) groups is 2. The van der Waals surface area contributed by atoms with Crippen LogP contribution < -0.4 is 0 Å². The maximum atomic E-state index is 12.6. The molecule has 0 N–H and O–H groups in total. The summed E-state index contributed by atoms with van der Waals surface area (Å²) in [6.07, 6.45) is 10.7. The highest BCUT2D eigenvalue weighted by molar-refractivity contribution is 6.43. The molecule has 12 nitrogen and oxygen atoms in total. The molecule has 4 aliphatic heterocycles. The van der Waals surface area contributed by atoms with Crippen LogP contribution in [0.15, 0.2) is 91.0 Å². The van der Waals surface area contributed by atoms with Crippen molar-refractivity contribution in [1.29, 1.82) is 0 Å². The zero-order chi connectivity index (χ0) is 49.6. The Morgan fingerprint density at radius 1 is 0.662 bits per heavy atom. The number of hydrogen-bond acceptors (Lipinski definition) is 10. The molecule has 0 fully saturated rings. The first kappa shape index (κ1) is 54.4. The molecule has 0 radical (unpaired) electrons. The molecule has 8 rings (SSSR count). The van der Waals surface area contributed by atoms with Crippen molar-refractivity contribution in [3.05, 3.63) is 136 Å². The van der Waals surface area contributed by atoms with Gasteiger partial charge in [-0.15, -0.1) is 23.2 Å². The van der Waals surface area contributed by atoms with E-state index in [1.165, 1.54) is 22.3 Å². The van der Waals surface area contributed by atoms with Gasteiger partial charge in [-0.1, -0.05) is 90.0 Å². The van der Waals surface area contributed by atoms with Gasteiger partial charge in [-0.2, -0.15) is 0 Å². The van der Waals surface area contributed by atoms with Gasteiger partial charge in [0, 0.05) is 81.9 Å². The molecule has 2 aromatic heterocycles. The number of ether oxygens (including phenoxy) is 2. The second kappa shape index (κ2) is 25.3. The Morgan fingerprint density at radius 3 is 1.59 bits per heavy atom. The van der Waals surface area contributed by atoms with Gasteiger partial charge in [0.1, 0.15) is 33.8 Å². The second-order valence-electron chi connectivity index (χ2n) is 19.8. The first-order chi connectivity index (χ1) is 32.2. The summed E-state index contributed by atoms with van der Waals surface area (Å²) in [7, 11) is 0. The quantitative estimate of drug-likeness (QED) is 0.109. The molecule has 0 saturated heterocycles. The highest BCUT2D eigenvalue weighted by Crippen LogP contribution is 2.31. The van der Waals surface area contributed by atoms with Crippen LogP contribution >= 0.6 is 34.8 Å². The van der Waals surface area contributed by atoms with Gasteiger partial charge in [0.05, 0.1) is 23.6 Å². The van der Waals surface area contributed by atoms with Gasteiger partial charge in [-0.05, 0) is 98.8 Å². The number of benzene rings is 2. The Balaban J connectivity index is 0.000000198. The third-order valence-corrected chi connectivity index (χ3v) is 11.8. The lowest BCUT2D eigenvalue weighted by atomic mass is 9.93. The Hall–Kier alpha value is -4.59. The highest BCUT2D eigenvalue weighted by Gasteiger charge is 2.31. The molecule has 0 spiro atoms. The van der Waals surface area contributed by atoms with Crippen molar-refractivity contribution in [2.45, 2.75) is 149 Å². The van der Waals surface area contributed by atoms with E-state index in [4.69, 9.17) is 44.3 Å². The van der Waals surface area contributed by atoms with Crippen molar-refractivity contribution < 1.29 is 19.1 Å². The van der Waals surface area contributed by atoms with E-state index in [0.717, 1.165) is 86.6 Å². The molecule has 68 heavy (non-hydrogen) atoms. The van der Waals surface area contributed by atoms with Gasteiger partial charge in [0.15, 0.2) is 0 Å². The van der Waals surface area contributed by atoms with Gasteiger partial charge in [0.2, 0.25) is 0 Å². The van der Waals surface area contributed by atoms with Crippen LogP contribution in [-0.2, 0) is 48.5 Å². The van der Waals surface area contributed by atoms with Crippen LogP contribution in [0.1, 0.15) is 121 Å². The number of fused-ring (bicyclic) bond motifs is 2. The lowest BCUT2D eigenvalue weighted by molar-refractivity contribution is 0.0256. The Labute approximate surface area is 420 Å². The van der Waals surface area contributed by atoms with Gasteiger partial charge < -0.3 is 19.3 Å². The molecule has 2 atom stereocenters. The molecule has 2 aromatic carbocycles. The maximum Gasteiger partial charge on any atom is 0.410 e. The van der Waals surface area contributed by atoms with E-state index in [0.29, 0.717) is 36.9 Å². The Bertz CT molecular complexity index is 2310. The number of alkyl halides is 2. The van der Waals surface area contributed by atoms with Crippen molar-refractivity contribution in [2.75, 3.05) is 26.2 Å². The predicted molar refractivity (Wildman–Crippen MR) is 275 cm³/mol. The molecule has 15 heteroatoms. The van der Waals surface area contributed by atoms with E-state index in [1.54, 1.807) is 29.4 Å². The molecule has 4 aliphatic rings. The van der Waals surface area contributed by atoms with Gasteiger partial charge in [-0.3, -0.25) is 9.80 Å². The van der Waals surface area contributed by atoms with E-state index in [-0.39, 0.29) is 17.0 Å². The predicted octanol–water partition coefficient (Wildman–Crippen LogP) is 11.9. The molecule has 6 heterocycles. The average molecular weight is 991 g/mol. The summed E-state index contributed by atoms with van der Waals surface area (Å²) in [5.74, 6) is 0. The standard InChI is InChI=1S/C25H32N4O2.C15H16ClN3.C11H19NO2.C2H4Cl2/c1-18-13-22-21(16-29(18)14-19-9-6-5-7-10-19)23(27-17-26-22)20-11-8-12-28(15-20)24(30)31-25(2,3)4;1-11-7-14-13(15(16)18-10-17-14)9-19(11)8-12-5-3-2-4-6-12;1-9-6-5-7-12(8-9)10(13)14-11(2,3)4;1-2(3)4/h5-7,9-11,17-18H,8,12-16H2,1-4H3;2-6,10-11H,7-9H2,1H3;6H,5,7-8H2,1-4H3;2H,1H3/t18-;11-;;/m11../s1. The Morgan fingerprint density at radius 2 is 1.10 bits per heavy atom. The van der Waals surface area contributed by atoms with Gasteiger partial charge in [-0.25, -0.2) is 29.5 Å². The number of aromatic nitrogens is 4. The molecule has 0 unspecified atom stereocenters. The fourth-order valence-corrected chi connectivity index (χ4v) is 8.42. The van der Waals surface area contributed by atoms with Crippen LogP contribution in [-0.4, -0.2) is 106 Å². The number of hydrogen-bond donors (Lipinski definition) is 0. The molecule has 0 aliphatic carbocycles. The topological polar surface area (TPSA) is 117 Å². The summed E-state index contributed by atoms with van der Waals surface area (Å²) in [6.45, 7) is 25.7. The summed E-state index contributed by atoms with van der Waals surface area (Å²) in [5, 5.41) is 0.593. The molecular weight excluding hydrogens is 919 g/mol. The fourth-order valence-electron chi connectivity index (χ4n) is 8.21. The largest absolute Gasteiger partial charge is 0.444 e. The monoisotopic (exact) mass is 988 g/mol. The smallest absolute Gasteiger partial charge is 0.410 e. The summed E-state index contributed by atoms with van der Waals surface area (Å²) in [4.78, 5) is 50.2. The van der Waals surface area contributed by atoms with Crippen molar-refractivity contribution in [1.82, 2.24) is 39.5 Å². The summed E-state index contributed by atoms with van der Waals surface area (Å²) in [5.41, 5.74) is 9.53. The lowest BCUT2D eigenvalue weighted by Gasteiger charge is -2.36. The van der Waals surface area contributed by atoms with Crippen LogP contribution in [0.3, 0.4) is 0 Å². The minimum atomic E-state index is -0.499. The number of nitrogens with zero attached hydrogens (tertiary/aromatic N) is 8. The molecule has 0 saturated carbocycles. The molecule has 2 amide bonds. The minimum Gasteiger partial charge on any atom is -0.444 e. The molecule has 368 valence electrons. The zero-order valence-corrected chi connectivity index (χ0v) is 43.9. The van der Waals surface area contributed by atoms with Crippen molar-refractivity contribution in [3.8, 4) is 0 Å². The van der Waals surface area contributed by atoms with E-state index >= 15 is 0 Å². The summed E-state index contributed by atoms with van der Waals surface area (Å²) < 4.78 is 10.9. The highest BCUT2D eigenvalue weighted by atomic mass is 35.5. The molecular formula is C53H71Cl3N8O4. The van der Waals surface area contributed by atoms with Crippen LogP contribution in [0.2, 0.25) is 5.15 Å². The summed E-state index contributed by atoms with van der Waals surface area (Å²) in [6, 6.07) is 22.0. The zero-order valence-electron chi connectivity index (χ0n) is 41.6. The van der Waals surface area contributed by atoms with Crippen LogP contribution in [0.5, 0.6) is 0 Å². The number of carbonyl (C=O) groups excluding carboxylic acids is 2. The number of halogens is 3. The van der Waals surface area contributed by atoms with Crippen LogP contribution in [0.25, 0.3) is 5.57 Å². The third kappa shape index (κ3) is 17.4. The minimum absolute atomic E-state index is 0.204. The first-order valence-electron chi connectivity index (χ1n) is 23.6. The average Bonchev–Trinajstić information content (AvgIpc) is 3.27. The van der Waals surface area contributed by atoms with E-state index < -0.39 is 11.2 Å². The summed E-state index contributed by atoms with van der Waals surface area (Å²) >= 11 is 16.3. The van der Waals surface area contributed by atoms with Crippen LogP contribution in [0, 0.1) is 0 Å². The van der Waals surface area contributed by atoms with Gasteiger partial charge in [0.25, 0.3) is 0 Å². The van der Waals surface area contributed by atoms with Crippen molar-refractivity contribution in [3.63, 3.8) is 0 Å². The number of rotatable bonds is 5. The SMILES string of the molecule is CC(Cl)Cl.CC1=CCCN(C(=O)OC(C)(C)C)C1.C[C@@H]1Cc2ncnc(C3=CCCN(C(=O)OC(C)(C)C)C3)c2CN1Cc1ccccc1.C[C@@H]1Cc2ncnc(Cl)c2CN1Cc1ccccc1. The maximum absolute atomic E-state index is 12.6. The number of amides is 2. The lowest BCUT2D eigenvalue weighted by Crippen LogP contribution is -2.41. The van der Waals surface area contributed by atoms with Crippen LogP contribution in [0.4, 0.5) is 9.59 Å².